The molecule has 130 valence electrons. The summed E-state index contributed by atoms with van der Waals surface area (Å²) in [6.45, 7) is 0.927. The Morgan fingerprint density at radius 2 is 1.92 bits per heavy atom. The normalized spacial score (nSPS) is 14.6. The number of anilines is 1. The minimum Gasteiger partial charge on any atom is -0.454 e. The van der Waals surface area contributed by atoms with Gasteiger partial charge in [0.2, 0.25) is 6.79 Å². The highest BCUT2D eigenvalue weighted by Crippen LogP contribution is 2.36. The molecule has 3 aromatic rings. The number of aromatic nitrogens is 2. The average Bonchev–Trinajstić information content (AvgIpc) is 3.38. The van der Waals surface area contributed by atoms with Gasteiger partial charge in [-0.25, -0.2) is 0 Å². The van der Waals surface area contributed by atoms with Crippen molar-refractivity contribution in [1.82, 2.24) is 9.78 Å². The Bertz CT molecular complexity index is 1020. The van der Waals surface area contributed by atoms with Crippen LogP contribution in [-0.4, -0.2) is 29.0 Å². The lowest BCUT2D eigenvalue weighted by molar-refractivity contribution is 0.0984. The number of hydrogen-bond acceptors (Lipinski definition) is 4. The first kappa shape index (κ1) is 15.0. The molecule has 2 aromatic carbocycles. The third-order valence-electron chi connectivity index (χ3n) is 4.90. The Kier molecular flexibility index (Phi) is 3.25. The lowest BCUT2D eigenvalue weighted by Crippen LogP contribution is -2.29. The number of fused-ring (bicyclic) bond motifs is 2. The summed E-state index contributed by atoms with van der Waals surface area (Å²) in [5.74, 6) is 1.38. The van der Waals surface area contributed by atoms with E-state index < -0.39 is 0 Å². The molecule has 6 heteroatoms. The van der Waals surface area contributed by atoms with Gasteiger partial charge in [0.25, 0.3) is 5.91 Å². The van der Waals surface area contributed by atoms with Crippen molar-refractivity contribution in [1.29, 1.82) is 0 Å². The van der Waals surface area contributed by atoms with Crippen LogP contribution in [0.1, 0.15) is 16.1 Å². The molecule has 2 aliphatic rings. The molecule has 0 N–H and O–H groups in total. The van der Waals surface area contributed by atoms with Gasteiger partial charge in [-0.05, 0) is 42.3 Å². The first-order valence-corrected chi connectivity index (χ1v) is 8.54. The quantitative estimate of drug-likeness (QED) is 0.715. The Morgan fingerprint density at radius 3 is 2.85 bits per heavy atom. The van der Waals surface area contributed by atoms with E-state index in [1.54, 1.807) is 9.58 Å². The number of para-hydroxylation sites is 1. The lowest BCUT2D eigenvalue weighted by Gasteiger charge is -2.15. The molecule has 5 rings (SSSR count). The van der Waals surface area contributed by atoms with E-state index in [4.69, 9.17) is 9.47 Å². The minimum atomic E-state index is -0.0717. The summed E-state index contributed by atoms with van der Waals surface area (Å²) < 4.78 is 12.5. The predicted molar refractivity (Wildman–Crippen MR) is 96.6 cm³/mol. The second kappa shape index (κ2) is 5.62. The Morgan fingerprint density at radius 1 is 1.08 bits per heavy atom. The zero-order chi connectivity index (χ0) is 17.7. The molecular formula is C20H17N3O3. The fourth-order valence-electron chi connectivity index (χ4n) is 3.59. The number of carbonyl (C=O) groups is 1. The summed E-state index contributed by atoms with van der Waals surface area (Å²) >= 11 is 0. The Hall–Kier alpha value is -3.28. The molecule has 0 aliphatic carbocycles. The molecule has 1 amide bonds. The third-order valence-corrected chi connectivity index (χ3v) is 4.90. The van der Waals surface area contributed by atoms with Gasteiger partial charge in [-0.15, -0.1) is 0 Å². The smallest absolute Gasteiger partial charge is 0.278 e. The Balaban J connectivity index is 1.49. The van der Waals surface area contributed by atoms with E-state index in [1.807, 2.05) is 49.5 Å². The number of aryl methyl sites for hydroxylation is 1. The summed E-state index contributed by atoms with van der Waals surface area (Å²) in [5, 5.41) is 4.45. The van der Waals surface area contributed by atoms with Crippen LogP contribution in [0.15, 0.2) is 48.5 Å². The van der Waals surface area contributed by atoms with E-state index in [2.05, 4.69) is 11.2 Å². The van der Waals surface area contributed by atoms with Crippen LogP contribution >= 0.6 is 0 Å². The molecule has 0 saturated carbocycles. The highest BCUT2D eigenvalue weighted by molar-refractivity contribution is 6.06. The third kappa shape index (κ3) is 2.26. The van der Waals surface area contributed by atoms with Crippen molar-refractivity contribution in [2.45, 2.75) is 6.42 Å². The molecule has 0 unspecified atom stereocenters. The van der Waals surface area contributed by atoms with Gasteiger partial charge >= 0.3 is 0 Å². The standard InChI is InChI=1S/C20H17N3O3/c1-22-17(14-6-7-18-19(10-14)26-12-25-18)11-15(21-22)20(24)23-9-8-13-4-2-3-5-16(13)23/h2-7,10-11H,8-9,12H2,1H3. The van der Waals surface area contributed by atoms with Crippen molar-refractivity contribution >= 4 is 11.6 Å². The maximum absolute atomic E-state index is 13.0. The number of carbonyl (C=O) groups excluding carboxylic acids is 1. The summed E-state index contributed by atoms with van der Waals surface area (Å²) in [7, 11) is 1.84. The maximum Gasteiger partial charge on any atom is 0.278 e. The van der Waals surface area contributed by atoms with Gasteiger partial charge in [-0.3, -0.25) is 9.48 Å². The van der Waals surface area contributed by atoms with E-state index in [0.29, 0.717) is 18.0 Å². The van der Waals surface area contributed by atoms with Gasteiger partial charge in [0.05, 0.1) is 5.69 Å². The van der Waals surface area contributed by atoms with Crippen molar-refractivity contribution in [3.63, 3.8) is 0 Å². The summed E-state index contributed by atoms with van der Waals surface area (Å²) in [5.41, 5.74) is 4.42. The van der Waals surface area contributed by atoms with E-state index in [9.17, 15) is 4.79 Å². The molecule has 6 nitrogen and oxygen atoms in total. The van der Waals surface area contributed by atoms with Crippen LogP contribution in [0.25, 0.3) is 11.3 Å². The molecule has 0 fully saturated rings. The lowest BCUT2D eigenvalue weighted by atomic mass is 10.1. The largest absolute Gasteiger partial charge is 0.454 e. The van der Waals surface area contributed by atoms with Gasteiger partial charge < -0.3 is 14.4 Å². The van der Waals surface area contributed by atoms with E-state index >= 15 is 0 Å². The zero-order valence-electron chi connectivity index (χ0n) is 14.3. The molecule has 0 saturated heterocycles. The van der Waals surface area contributed by atoms with Crippen molar-refractivity contribution in [3.8, 4) is 22.8 Å². The molecule has 2 aliphatic heterocycles. The molecule has 0 bridgehead atoms. The average molecular weight is 347 g/mol. The van der Waals surface area contributed by atoms with Crippen molar-refractivity contribution in [2.75, 3.05) is 18.2 Å². The second-order valence-electron chi connectivity index (χ2n) is 6.44. The second-order valence-corrected chi connectivity index (χ2v) is 6.44. The number of hydrogen-bond donors (Lipinski definition) is 0. The van der Waals surface area contributed by atoms with Crippen LogP contribution in [0.2, 0.25) is 0 Å². The number of ether oxygens (including phenoxy) is 2. The van der Waals surface area contributed by atoms with Crippen LogP contribution in [0.4, 0.5) is 5.69 Å². The van der Waals surface area contributed by atoms with Crippen molar-refractivity contribution < 1.29 is 14.3 Å². The number of amides is 1. The first-order valence-electron chi connectivity index (χ1n) is 8.54. The minimum absolute atomic E-state index is 0.0717. The molecule has 0 spiro atoms. The molecule has 0 radical (unpaired) electrons. The topological polar surface area (TPSA) is 56.6 Å². The van der Waals surface area contributed by atoms with Gasteiger partial charge in [0.1, 0.15) is 0 Å². The van der Waals surface area contributed by atoms with Crippen molar-refractivity contribution in [2.24, 2.45) is 7.05 Å². The maximum atomic E-state index is 13.0. The van der Waals surface area contributed by atoms with Crippen LogP contribution in [0, 0.1) is 0 Å². The molecule has 0 atom stereocenters. The molecule has 1 aromatic heterocycles. The highest BCUT2D eigenvalue weighted by atomic mass is 16.7. The predicted octanol–water partition coefficient (Wildman–Crippen LogP) is 3.02. The highest BCUT2D eigenvalue weighted by Gasteiger charge is 2.27. The van der Waals surface area contributed by atoms with E-state index in [1.165, 1.54) is 5.56 Å². The Labute approximate surface area is 150 Å². The van der Waals surface area contributed by atoms with Crippen LogP contribution in [-0.2, 0) is 13.5 Å². The fraction of sp³-hybridized carbons (Fsp3) is 0.200. The van der Waals surface area contributed by atoms with Crippen LogP contribution < -0.4 is 14.4 Å². The fourth-order valence-corrected chi connectivity index (χ4v) is 3.59. The number of nitrogens with zero attached hydrogens (tertiary/aromatic N) is 3. The number of rotatable bonds is 2. The van der Waals surface area contributed by atoms with Crippen molar-refractivity contribution in [3.05, 3.63) is 59.8 Å². The van der Waals surface area contributed by atoms with Gasteiger partial charge in [-0.1, -0.05) is 18.2 Å². The van der Waals surface area contributed by atoms with Gasteiger partial charge in [-0.2, -0.15) is 5.10 Å². The molecule has 3 heterocycles. The number of benzene rings is 2. The van der Waals surface area contributed by atoms with Gasteiger partial charge in [0, 0.05) is 24.8 Å². The summed E-state index contributed by atoms with van der Waals surface area (Å²) in [4.78, 5) is 14.8. The summed E-state index contributed by atoms with van der Waals surface area (Å²) in [6.07, 6.45) is 0.879. The van der Waals surface area contributed by atoms with E-state index in [0.717, 1.165) is 29.1 Å². The monoisotopic (exact) mass is 347 g/mol. The van der Waals surface area contributed by atoms with Crippen LogP contribution in [0.5, 0.6) is 11.5 Å². The zero-order valence-corrected chi connectivity index (χ0v) is 14.3. The molecule has 26 heavy (non-hydrogen) atoms. The van der Waals surface area contributed by atoms with Crippen LogP contribution in [0.3, 0.4) is 0 Å². The van der Waals surface area contributed by atoms with Gasteiger partial charge in [0.15, 0.2) is 17.2 Å². The van der Waals surface area contributed by atoms with E-state index in [-0.39, 0.29) is 12.7 Å². The molecular weight excluding hydrogens is 330 g/mol. The first-order chi connectivity index (χ1) is 12.7. The SMILES string of the molecule is Cn1nc(C(=O)N2CCc3ccccc32)cc1-c1ccc2c(c1)OCO2. The summed E-state index contributed by atoms with van der Waals surface area (Å²) in [6, 6.07) is 15.6.